The number of benzene rings is 5. The number of halogens is 1. The average Bonchev–Trinajstić information content (AvgIpc) is 2.98. The van der Waals surface area contributed by atoms with Crippen molar-refractivity contribution in [2.45, 2.75) is 13.8 Å². The molecule has 5 rings (SSSR count). The fourth-order valence-corrected chi connectivity index (χ4v) is 9.54. The van der Waals surface area contributed by atoms with Crippen molar-refractivity contribution in [3.8, 4) is 0 Å². The Bertz CT molecular complexity index is 1120. The fourth-order valence-electron chi connectivity index (χ4n) is 4.18. The van der Waals surface area contributed by atoms with E-state index in [0.29, 0.717) is 0 Å². The number of hydrogen-bond donors (Lipinski definition) is 0. The van der Waals surface area contributed by atoms with Crippen LogP contribution in [0.5, 0.6) is 0 Å². The minimum absolute atomic E-state index is 0.348. The van der Waals surface area contributed by atoms with Crippen LogP contribution in [0.25, 0.3) is 0 Å². The molecule has 0 aliphatic heterocycles. The van der Waals surface area contributed by atoms with E-state index < -0.39 is 0 Å². The smallest absolute Gasteiger partial charge is 0.0195 e. The Kier molecular flexibility index (Phi) is 14.5. The molecule has 0 atom stereocenters. The van der Waals surface area contributed by atoms with Gasteiger partial charge in [-0.25, -0.2) is 0 Å². The molecule has 196 valence electrons. The van der Waals surface area contributed by atoms with Crippen LogP contribution >= 0.6 is 35.4 Å². The summed E-state index contributed by atoms with van der Waals surface area (Å²) in [5.41, 5.74) is 2.52. The van der Waals surface area contributed by atoms with Gasteiger partial charge in [0, 0.05) is 0 Å². The molecule has 5 aromatic carbocycles. The number of rotatable bonds is 7. The maximum absolute atomic E-state index is 3.07. The molecular formula is C34H33IP2Pd. The summed E-state index contributed by atoms with van der Waals surface area (Å²) < 4.78 is 0. The molecule has 0 aliphatic carbocycles. The molecule has 0 heterocycles. The van der Waals surface area contributed by atoms with Crippen LogP contribution in [0, 0.1) is 19.9 Å². The van der Waals surface area contributed by atoms with Crippen LogP contribution in [0.3, 0.4) is 0 Å². The Morgan fingerprint density at radius 1 is 0.526 bits per heavy atom. The third-order valence-corrected chi connectivity index (χ3v) is 11.3. The van der Waals surface area contributed by atoms with Crippen molar-refractivity contribution < 1.29 is 15.6 Å². The van der Waals surface area contributed by atoms with E-state index in [-0.39, 0.29) is 15.8 Å². The summed E-state index contributed by atoms with van der Waals surface area (Å²) in [6.07, 6.45) is 2.41. The standard InChI is InChI=1S/C26H24P2.C8H9.HI.Pd/c1-5-13-23(14-6-1)27(24-15-7-2-8-16-24)21-22-28(25-17-9-3-10-18-25)26-19-11-4-12-20-26;1-7-4-3-5-8(2)6-7;;/h1-20H,21-22H2;3-4,6H,1-2H3;1H;/q;-1;;+2/p-1. The van der Waals surface area contributed by atoms with E-state index in [1.54, 1.807) is 0 Å². The van der Waals surface area contributed by atoms with Crippen molar-refractivity contribution in [2.24, 2.45) is 0 Å². The zero-order valence-corrected chi connectivity index (χ0v) is 27.3. The molecule has 0 fully saturated rings. The van der Waals surface area contributed by atoms with Gasteiger partial charge >= 0.3 is 35.1 Å². The second-order valence-electron chi connectivity index (χ2n) is 8.69. The number of hydrogen-bond acceptors (Lipinski definition) is 0. The maximum Gasteiger partial charge on any atom is -0.0195 e. The molecule has 0 saturated carbocycles. The summed E-state index contributed by atoms with van der Waals surface area (Å²) in [7, 11) is -0.696. The van der Waals surface area contributed by atoms with Gasteiger partial charge in [0.15, 0.2) is 0 Å². The molecule has 0 unspecified atom stereocenters. The van der Waals surface area contributed by atoms with E-state index in [9.17, 15) is 0 Å². The third kappa shape index (κ3) is 10.2. The minimum atomic E-state index is -0.348. The van der Waals surface area contributed by atoms with Gasteiger partial charge in [0.1, 0.15) is 0 Å². The summed E-state index contributed by atoms with van der Waals surface area (Å²) in [6, 6.07) is 53.4. The van der Waals surface area contributed by atoms with Gasteiger partial charge in [0.05, 0.1) is 0 Å². The van der Waals surface area contributed by atoms with E-state index in [1.807, 2.05) is 38.6 Å². The first-order chi connectivity index (χ1) is 18.7. The van der Waals surface area contributed by atoms with Gasteiger partial charge in [-0.2, -0.15) is 35.4 Å². The summed E-state index contributed by atoms with van der Waals surface area (Å²) in [6.45, 7) is 4.13. The molecule has 0 aliphatic rings. The van der Waals surface area contributed by atoms with E-state index in [0.717, 1.165) is 0 Å². The summed E-state index contributed by atoms with van der Waals surface area (Å²) in [5, 5.41) is 5.89. The van der Waals surface area contributed by atoms with Crippen molar-refractivity contribution in [1.29, 1.82) is 0 Å². The van der Waals surface area contributed by atoms with Gasteiger partial charge in [-0.15, -0.1) is 0 Å². The monoisotopic (exact) mass is 736 g/mol. The van der Waals surface area contributed by atoms with Gasteiger partial charge in [0.2, 0.25) is 0 Å². The second kappa shape index (κ2) is 17.8. The predicted octanol–water partition coefficient (Wildman–Crippen LogP) is 8.24. The molecule has 0 N–H and O–H groups in total. The average molecular weight is 737 g/mol. The molecule has 0 saturated heterocycles. The van der Waals surface area contributed by atoms with Gasteiger partial charge in [0.25, 0.3) is 0 Å². The van der Waals surface area contributed by atoms with Crippen LogP contribution in [0.15, 0.2) is 140 Å². The van der Waals surface area contributed by atoms with Gasteiger partial charge < -0.3 is 0 Å². The first-order valence-electron chi connectivity index (χ1n) is 12.5. The second-order valence-corrected chi connectivity index (χ2v) is 13.4. The molecule has 0 amide bonds. The van der Waals surface area contributed by atoms with Crippen LogP contribution in [0.1, 0.15) is 11.1 Å². The van der Waals surface area contributed by atoms with Gasteiger partial charge in [-0.05, 0) is 49.4 Å². The Labute approximate surface area is 253 Å². The van der Waals surface area contributed by atoms with E-state index in [1.165, 1.54) is 44.7 Å². The fraction of sp³-hybridized carbons (Fsp3) is 0.118. The van der Waals surface area contributed by atoms with Crippen LogP contribution in [0.2, 0.25) is 0 Å². The summed E-state index contributed by atoms with van der Waals surface area (Å²) in [4.78, 5) is 0. The van der Waals surface area contributed by atoms with Gasteiger partial charge in [-0.3, -0.25) is 0 Å². The Hall–Kier alpha value is -1.65. The van der Waals surface area contributed by atoms with Crippen LogP contribution in [-0.2, 0) is 15.6 Å². The van der Waals surface area contributed by atoms with E-state index in [4.69, 9.17) is 0 Å². The minimum Gasteiger partial charge on any atom is -0.0622 e. The Balaban J connectivity index is 0.000000339. The molecule has 5 aromatic rings. The molecule has 0 nitrogen and oxygen atoms in total. The molecular weight excluding hydrogens is 704 g/mol. The SMILES string of the molecule is Cc1[c-]ccc(C)c1.[Pd+][I].c1ccc(P(CCP(c2ccccc2)c2ccccc2)c2ccccc2)cc1. The van der Waals surface area contributed by atoms with Crippen LogP contribution in [-0.4, -0.2) is 12.3 Å². The quantitative estimate of drug-likeness (QED) is 0.0684. The van der Waals surface area contributed by atoms with E-state index in [2.05, 4.69) is 156 Å². The molecule has 4 heteroatoms. The molecule has 0 aromatic heterocycles. The van der Waals surface area contributed by atoms with Crippen molar-refractivity contribution in [3.05, 3.63) is 157 Å². The predicted molar refractivity (Wildman–Crippen MR) is 177 cm³/mol. The zero-order chi connectivity index (χ0) is 27.0. The topological polar surface area (TPSA) is 0 Å². The zero-order valence-electron chi connectivity index (χ0n) is 21.8. The van der Waals surface area contributed by atoms with Crippen molar-refractivity contribution >= 4 is 56.6 Å². The molecule has 38 heavy (non-hydrogen) atoms. The van der Waals surface area contributed by atoms with Crippen LogP contribution < -0.4 is 21.2 Å². The van der Waals surface area contributed by atoms with Crippen molar-refractivity contribution in [1.82, 2.24) is 0 Å². The maximum atomic E-state index is 3.07. The first kappa shape index (κ1) is 30.9. The normalized spacial score (nSPS) is 10.3. The Morgan fingerprint density at radius 2 is 0.842 bits per heavy atom. The Morgan fingerprint density at radius 3 is 1.08 bits per heavy atom. The van der Waals surface area contributed by atoms with E-state index >= 15 is 0 Å². The molecule has 0 bridgehead atoms. The summed E-state index contributed by atoms with van der Waals surface area (Å²) >= 11 is 4.72. The third-order valence-electron chi connectivity index (χ3n) is 5.92. The van der Waals surface area contributed by atoms with Crippen molar-refractivity contribution in [2.75, 3.05) is 12.3 Å². The molecule has 0 spiro atoms. The summed E-state index contributed by atoms with van der Waals surface area (Å²) in [5.74, 6) is 0. The largest absolute Gasteiger partial charge is 0.0622 e. The first-order valence-corrected chi connectivity index (χ1v) is 20.2. The van der Waals surface area contributed by atoms with Crippen LogP contribution in [0.4, 0.5) is 0 Å². The number of aryl methyl sites for hydroxylation is 2. The van der Waals surface area contributed by atoms with Crippen molar-refractivity contribution in [3.63, 3.8) is 0 Å². The van der Waals surface area contributed by atoms with Gasteiger partial charge in [-0.1, -0.05) is 135 Å². The molecule has 0 radical (unpaired) electrons.